The number of hydrogen-bond donors (Lipinski definition) is 1. The third-order valence-electron chi connectivity index (χ3n) is 5.11. The van der Waals surface area contributed by atoms with E-state index in [0.717, 1.165) is 30.5 Å². The van der Waals surface area contributed by atoms with Crippen LogP contribution in [0.1, 0.15) is 51.0 Å². The molecule has 1 aliphatic carbocycles. The first kappa shape index (κ1) is 16.0. The van der Waals surface area contributed by atoms with Gasteiger partial charge in [-0.2, -0.15) is 0 Å². The first-order chi connectivity index (χ1) is 11.2. The molecule has 2 fully saturated rings. The second kappa shape index (κ2) is 7.16. The summed E-state index contributed by atoms with van der Waals surface area (Å²) < 4.78 is 0. The lowest BCUT2D eigenvalue weighted by molar-refractivity contribution is -0.127. The zero-order valence-corrected chi connectivity index (χ0v) is 13.9. The van der Waals surface area contributed by atoms with Crippen molar-refractivity contribution in [3.63, 3.8) is 0 Å². The Morgan fingerprint density at radius 3 is 2.70 bits per heavy atom. The van der Waals surface area contributed by atoms with E-state index in [1.54, 1.807) is 4.90 Å². The molecule has 0 aromatic heterocycles. The van der Waals surface area contributed by atoms with E-state index in [1.807, 2.05) is 18.2 Å². The number of anilines is 1. The van der Waals surface area contributed by atoms with Crippen LogP contribution in [0.5, 0.6) is 0 Å². The normalized spacial score (nSPS) is 22.4. The van der Waals surface area contributed by atoms with Gasteiger partial charge in [0.05, 0.1) is 5.92 Å². The van der Waals surface area contributed by atoms with Crippen LogP contribution in [0.25, 0.3) is 0 Å². The maximum Gasteiger partial charge on any atom is 0.227 e. The highest BCUT2D eigenvalue weighted by Crippen LogP contribution is 2.29. The van der Waals surface area contributed by atoms with Crippen LogP contribution in [0.3, 0.4) is 0 Å². The smallest absolute Gasteiger partial charge is 0.227 e. The molecular weight excluding hydrogens is 288 g/mol. The van der Waals surface area contributed by atoms with Gasteiger partial charge in [0.2, 0.25) is 11.8 Å². The molecule has 0 radical (unpaired) electrons. The van der Waals surface area contributed by atoms with Crippen molar-refractivity contribution in [1.82, 2.24) is 5.32 Å². The third-order valence-corrected chi connectivity index (χ3v) is 5.11. The summed E-state index contributed by atoms with van der Waals surface area (Å²) in [6.07, 6.45) is 7.05. The van der Waals surface area contributed by atoms with Gasteiger partial charge in [-0.15, -0.1) is 0 Å². The monoisotopic (exact) mass is 314 g/mol. The van der Waals surface area contributed by atoms with E-state index in [9.17, 15) is 9.59 Å². The third kappa shape index (κ3) is 3.57. The summed E-state index contributed by atoms with van der Waals surface area (Å²) >= 11 is 0. The Morgan fingerprint density at radius 1 is 1.22 bits per heavy atom. The van der Waals surface area contributed by atoms with Crippen molar-refractivity contribution in [2.45, 2.75) is 57.9 Å². The molecule has 4 heteroatoms. The molecule has 124 valence electrons. The molecule has 1 saturated carbocycles. The summed E-state index contributed by atoms with van der Waals surface area (Å²) in [6, 6.07) is 8.30. The predicted molar refractivity (Wildman–Crippen MR) is 91.3 cm³/mol. The van der Waals surface area contributed by atoms with Gasteiger partial charge in [-0.05, 0) is 30.9 Å². The molecule has 1 aliphatic heterocycles. The van der Waals surface area contributed by atoms with Gasteiger partial charge in [-0.25, -0.2) is 0 Å². The van der Waals surface area contributed by atoms with Gasteiger partial charge < -0.3 is 10.2 Å². The molecule has 0 unspecified atom stereocenters. The fourth-order valence-electron chi connectivity index (χ4n) is 3.76. The lowest BCUT2D eigenvalue weighted by Crippen LogP contribution is -2.40. The molecule has 2 aliphatic rings. The highest BCUT2D eigenvalue weighted by Gasteiger charge is 2.36. The number of para-hydroxylation sites is 1. The summed E-state index contributed by atoms with van der Waals surface area (Å²) in [7, 11) is 0. The Morgan fingerprint density at radius 2 is 1.96 bits per heavy atom. The van der Waals surface area contributed by atoms with Crippen molar-refractivity contribution in [2.75, 3.05) is 11.4 Å². The van der Waals surface area contributed by atoms with Crippen molar-refractivity contribution in [3.8, 4) is 0 Å². The molecule has 1 saturated heterocycles. The maximum atomic E-state index is 12.5. The van der Waals surface area contributed by atoms with Crippen molar-refractivity contribution in [1.29, 1.82) is 0 Å². The summed E-state index contributed by atoms with van der Waals surface area (Å²) in [5.41, 5.74) is 2.13. The van der Waals surface area contributed by atoms with Gasteiger partial charge in [0.1, 0.15) is 0 Å². The quantitative estimate of drug-likeness (QED) is 0.928. The lowest BCUT2D eigenvalue weighted by atomic mass is 9.95. The number of hydrogen-bond acceptors (Lipinski definition) is 2. The summed E-state index contributed by atoms with van der Waals surface area (Å²) in [4.78, 5) is 26.7. The van der Waals surface area contributed by atoms with Gasteiger partial charge in [-0.1, -0.05) is 44.4 Å². The van der Waals surface area contributed by atoms with E-state index in [2.05, 4.69) is 18.3 Å². The fraction of sp³-hybridized carbons (Fsp3) is 0.579. The molecule has 0 bridgehead atoms. The van der Waals surface area contributed by atoms with Crippen molar-refractivity contribution >= 4 is 17.5 Å². The average Bonchev–Trinajstić information content (AvgIpc) is 2.97. The van der Waals surface area contributed by atoms with Crippen molar-refractivity contribution in [2.24, 2.45) is 5.92 Å². The Balaban J connectivity index is 1.66. The molecule has 4 nitrogen and oxygen atoms in total. The van der Waals surface area contributed by atoms with Crippen LogP contribution in [0.2, 0.25) is 0 Å². The number of aryl methyl sites for hydroxylation is 1. The summed E-state index contributed by atoms with van der Waals surface area (Å²) in [5, 5.41) is 3.16. The highest BCUT2D eigenvalue weighted by molar-refractivity contribution is 6.00. The highest BCUT2D eigenvalue weighted by atomic mass is 16.2. The number of carbonyl (C=O) groups excluding carboxylic acids is 2. The average molecular weight is 314 g/mol. The van der Waals surface area contributed by atoms with Gasteiger partial charge in [0, 0.05) is 24.7 Å². The standard InChI is InChI=1S/C19H26N2O2/c1-2-14-8-6-7-11-17(14)21-13-15(12-18(21)22)19(23)20-16-9-4-3-5-10-16/h6-8,11,15-16H,2-5,9-10,12-13H2,1H3,(H,20,23)/t15-/m0/s1. The van der Waals surface area contributed by atoms with Crippen LogP contribution < -0.4 is 10.2 Å². The number of nitrogens with zero attached hydrogens (tertiary/aromatic N) is 1. The van der Waals surface area contributed by atoms with E-state index in [1.165, 1.54) is 19.3 Å². The molecule has 23 heavy (non-hydrogen) atoms. The van der Waals surface area contributed by atoms with E-state index >= 15 is 0 Å². The molecule has 1 N–H and O–H groups in total. The minimum Gasteiger partial charge on any atom is -0.353 e. The van der Waals surface area contributed by atoms with Crippen LogP contribution in [-0.4, -0.2) is 24.4 Å². The Bertz CT molecular complexity index is 578. The molecule has 2 amide bonds. The van der Waals surface area contributed by atoms with Gasteiger partial charge in [0.15, 0.2) is 0 Å². The maximum absolute atomic E-state index is 12.5. The van der Waals surface area contributed by atoms with Crippen LogP contribution in [0, 0.1) is 5.92 Å². The number of nitrogens with one attached hydrogen (secondary N) is 1. The number of benzene rings is 1. The first-order valence-electron chi connectivity index (χ1n) is 8.87. The second-order valence-electron chi connectivity index (χ2n) is 6.73. The molecule has 0 spiro atoms. The molecule has 1 aromatic carbocycles. The van der Waals surface area contributed by atoms with Crippen LogP contribution in [0.4, 0.5) is 5.69 Å². The molecule has 1 aromatic rings. The SMILES string of the molecule is CCc1ccccc1N1C[C@@H](C(=O)NC2CCCCC2)CC1=O. The Kier molecular flexibility index (Phi) is 4.99. The molecule has 3 rings (SSSR count). The Hall–Kier alpha value is -1.84. The lowest BCUT2D eigenvalue weighted by Gasteiger charge is -2.24. The van der Waals surface area contributed by atoms with Gasteiger partial charge >= 0.3 is 0 Å². The molecule has 1 heterocycles. The summed E-state index contributed by atoms with van der Waals surface area (Å²) in [5.74, 6) is -0.0919. The van der Waals surface area contributed by atoms with E-state index in [4.69, 9.17) is 0 Å². The van der Waals surface area contributed by atoms with Crippen molar-refractivity contribution < 1.29 is 9.59 Å². The van der Waals surface area contributed by atoms with Crippen LogP contribution in [0.15, 0.2) is 24.3 Å². The van der Waals surface area contributed by atoms with Gasteiger partial charge in [0.25, 0.3) is 0 Å². The number of rotatable bonds is 4. The predicted octanol–water partition coefficient (Wildman–Crippen LogP) is 3.05. The Labute approximate surface area is 138 Å². The number of amides is 2. The minimum absolute atomic E-state index is 0.0572. The van der Waals surface area contributed by atoms with Crippen LogP contribution in [-0.2, 0) is 16.0 Å². The fourth-order valence-corrected chi connectivity index (χ4v) is 3.76. The van der Waals surface area contributed by atoms with Crippen LogP contribution >= 0.6 is 0 Å². The van der Waals surface area contributed by atoms with E-state index in [-0.39, 0.29) is 17.7 Å². The van der Waals surface area contributed by atoms with E-state index in [0.29, 0.717) is 19.0 Å². The minimum atomic E-state index is -0.214. The zero-order valence-electron chi connectivity index (χ0n) is 13.9. The second-order valence-corrected chi connectivity index (χ2v) is 6.73. The topological polar surface area (TPSA) is 49.4 Å². The van der Waals surface area contributed by atoms with Gasteiger partial charge in [-0.3, -0.25) is 9.59 Å². The number of carbonyl (C=O) groups is 2. The first-order valence-corrected chi connectivity index (χ1v) is 8.87. The van der Waals surface area contributed by atoms with E-state index < -0.39 is 0 Å². The molecule has 1 atom stereocenters. The molecular formula is C19H26N2O2. The van der Waals surface area contributed by atoms with Crippen molar-refractivity contribution in [3.05, 3.63) is 29.8 Å². The zero-order chi connectivity index (χ0) is 16.2. The summed E-state index contributed by atoms with van der Waals surface area (Å²) in [6.45, 7) is 2.60. The largest absolute Gasteiger partial charge is 0.353 e.